The number of aliphatic imine (C=N–C) groups is 1. The molecule has 1 atom stereocenters. The molecule has 2 aliphatic rings. The van der Waals surface area contributed by atoms with E-state index in [4.69, 9.17) is 9.73 Å². The van der Waals surface area contributed by atoms with E-state index >= 15 is 0 Å². The molecular weight excluding hydrogens is 385 g/mol. The van der Waals surface area contributed by atoms with Crippen LogP contribution in [0.2, 0.25) is 0 Å². The molecule has 30 heavy (non-hydrogen) atoms. The van der Waals surface area contributed by atoms with E-state index in [2.05, 4.69) is 77.1 Å². The van der Waals surface area contributed by atoms with Gasteiger partial charge < -0.3 is 4.74 Å². The highest BCUT2D eigenvalue weighted by atomic mass is 31.1. The van der Waals surface area contributed by atoms with E-state index in [0.717, 1.165) is 25.3 Å². The van der Waals surface area contributed by atoms with Crippen LogP contribution in [0.15, 0.2) is 47.5 Å². The van der Waals surface area contributed by atoms with Crippen LogP contribution in [0.3, 0.4) is 0 Å². The number of rotatable bonds is 5. The zero-order valence-electron chi connectivity index (χ0n) is 19.0. The van der Waals surface area contributed by atoms with E-state index in [9.17, 15) is 0 Å². The zero-order chi connectivity index (χ0) is 21.3. The van der Waals surface area contributed by atoms with Crippen LogP contribution in [0, 0.1) is 32.1 Å². The van der Waals surface area contributed by atoms with Gasteiger partial charge in [-0.15, -0.1) is 0 Å². The third-order valence-electron chi connectivity index (χ3n) is 6.67. The summed E-state index contributed by atoms with van der Waals surface area (Å²) in [6.45, 7) is 11.9. The molecule has 1 aliphatic carbocycles. The van der Waals surface area contributed by atoms with Crippen molar-refractivity contribution in [3.63, 3.8) is 0 Å². The lowest BCUT2D eigenvalue weighted by molar-refractivity contribution is 0.268. The van der Waals surface area contributed by atoms with Crippen LogP contribution in [0.4, 0.5) is 0 Å². The molecule has 2 nitrogen and oxygen atoms in total. The lowest BCUT2D eigenvalue weighted by atomic mass is 9.79. The molecule has 1 fully saturated rings. The summed E-state index contributed by atoms with van der Waals surface area (Å²) in [5.74, 6) is 1.52. The van der Waals surface area contributed by atoms with Gasteiger partial charge in [0.05, 0.1) is 11.5 Å². The number of nitrogens with zero attached hydrogens (tertiary/aromatic N) is 1. The normalized spacial score (nSPS) is 21.1. The molecule has 0 spiro atoms. The van der Waals surface area contributed by atoms with E-state index in [-0.39, 0.29) is 11.5 Å². The van der Waals surface area contributed by atoms with Gasteiger partial charge in [-0.2, -0.15) is 0 Å². The Morgan fingerprint density at radius 2 is 1.67 bits per heavy atom. The topological polar surface area (TPSA) is 21.6 Å². The Morgan fingerprint density at radius 1 is 1.03 bits per heavy atom. The van der Waals surface area contributed by atoms with Crippen molar-refractivity contribution in [3.05, 3.63) is 64.7 Å². The predicted molar refractivity (Wildman–Crippen MR) is 131 cm³/mol. The molecule has 3 heteroatoms. The van der Waals surface area contributed by atoms with E-state index < -0.39 is 0 Å². The van der Waals surface area contributed by atoms with Crippen molar-refractivity contribution in [2.24, 2.45) is 16.3 Å². The molecule has 0 unspecified atom stereocenters. The number of benzene rings is 2. The number of aryl methyl sites for hydroxylation is 3. The second-order valence-electron chi connectivity index (χ2n) is 9.42. The highest BCUT2D eigenvalue weighted by Gasteiger charge is 2.47. The summed E-state index contributed by atoms with van der Waals surface area (Å²) in [5.41, 5.74) is 5.36. The van der Waals surface area contributed by atoms with Crippen molar-refractivity contribution in [1.82, 2.24) is 0 Å². The fourth-order valence-electron chi connectivity index (χ4n) is 5.03. The molecule has 158 valence electrons. The summed E-state index contributed by atoms with van der Waals surface area (Å²) in [5, 5.41) is 2.91. The molecule has 0 saturated heterocycles. The second kappa shape index (κ2) is 8.67. The van der Waals surface area contributed by atoms with Crippen molar-refractivity contribution in [2.45, 2.75) is 66.3 Å². The van der Waals surface area contributed by atoms with Crippen molar-refractivity contribution < 1.29 is 4.74 Å². The molecule has 0 amide bonds. The van der Waals surface area contributed by atoms with Crippen LogP contribution in [-0.2, 0) is 4.74 Å². The molecule has 2 aromatic carbocycles. The molecule has 2 aromatic rings. The minimum Gasteiger partial charge on any atom is -0.478 e. The van der Waals surface area contributed by atoms with Gasteiger partial charge in [0.15, 0.2) is 5.90 Å². The Labute approximate surface area is 183 Å². The third-order valence-corrected chi connectivity index (χ3v) is 8.51. The van der Waals surface area contributed by atoms with Gasteiger partial charge in [-0.1, -0.05) is 82.9 Å². The Kier molecular flexibility index (Phi) is 6.16. The number of ether oxygens (including phenoxy) is 1. The van der Waals surface area contributed by atoms with E-state index in [0.29, 0.717) is 5.92 Å². The molecule has 0 N–H and O–H groups in total. The zero-order valence-corrected chi connectivity index (χ0v) is 19.9. The van der Waals surface area contributed by atoms with Crippen LogP contribution >= 0.6 is 8.20 Å². The Bertz CT molecular complexity index is 945. The minimum absolute atomic E-state index is 0.0731. The standard InChI is InChI=1S/C27H34NOP/c1-18(2)23-17-29-26(28-23)27(13-9-10-14-27)25(22-11-7-6-8-12-22)30-24-20(4)15-19(3)16-21(24)5/h6-8,11-12,15-16,18,23H,9-10,13-14,17H2,1-5H3/t23-/m1/s1. The fourth-order valence-corrected chi connectivity index (χ4v) is 6.54. The first-order valence-corrected chi connectivity index (χ1v) is 12.2. The average Bonchev–Trinajstić information content (AvgIpc) is 3.39. The fraction of sp³-hybridized carbons (Fsp3) is 0.481. The molecule has 0 aromatic heterocycles. The first kappa shape index (κ1) is 21.3. The van der Waals surface area contributed by atoms with Gasteiger partial charge in [0.25, 0.3) is 0 Å². The average molecular weight is 420 g/mol. The number of hydrogen-bond acceptors (Lipinski definition) is 2. The molecule has 1 heterocycles. The maximum atomic E-state index is 6.36. The molecular formula is C27H34NOP. The van der Waals surface area contributed by atoms with Crippen molar-refractivity contribution >= 4 is 24.7 Å². The highest BCUT2D eigenvalue weighted by molar-refractivity contribution is 7.50. The SMILES string of the molecule is Cc1cc(C)c(P=C(c2ccccc2)C2(C3=N[C@@H](C(C)C)CO3)CCCC2)c(C)c1. The van der Waals surface area contributed by atoms with Crippen LogP contribution in [-0.4, -0.2) is 23.8 Å². The summed E-state index contributed by atoms with van der Waals surface area (Å²) in [4.78, 5) is 5.16. The van der Waals surface area contributed by atoms with Crippen molar-refractivity contribution in [3.8, 4) is 0 Å². The molecule has 1 saturated carbocycles. The van der Waals surface area contributed by atoms with Gasteiger partial charge in [-0.3, -0.25) is 0 Å². The Balaban J connectivity index is 1.91. The first-order valence-electron chi connectivity index (χ1n) is 11.3. The lowest BCUT2D eigenvalue weighted by Gasteiger charge is -2.31. The van der Waals surface area contributed by atoms with Crippen molar-refractivity contribution in [1.29, 1.82) is 0 Å². The van der Waals surface area contributed by atoms with Crippen LogP contribution < -0.4 is 5.30 Å². The smallest absolute Gasteiger partial charge is 0.195 e. The second-order valence-corrected chi connectivity index (χ2v) is 10.5. The summed E-state index contributed by atoms with van der Waals surface area (Å²) in [6, 6.07) is 15.9. The summed E-state index contributed by atoms with van der Waals surface area (Å²) >= 11 is 0. The van der Waals surface area contributed by atoms with E-state index in [1.165, 1.54) is 53.9 Å². The summed E-state index contributed by atoms with van der Waals surface area (Å²) in [7, 11) is 1.30. The monoisotopic (exact) mass is 419 g/mol. The largest absolute Gasteiger partial charge is 0.478 e. The van der Waals surface area contributed by atoms with Gasteiger partial charge in [-0.25, -0.2) is 4.99 Å². The maximum absolute atomic E-state index is 6.36. The maximum Gasteiger partial charge on any atom is 0.195 e. The molecule has 1 aliphatic heterocycles. The Hall–Kier alpha value is -1.92. The van der Waals surface area contributed by atoms with Gasteiger partial charge in [0.1, 0.15) is 6.61 Å². The van der Waals surface area contributed by atoms with Gasteiger partial charge >= 0.3 is 0 Å². The summed E-state index contributed by atoms with van der Waals surface area (Å²) < 4.78 is 6.36. The quantitative estimate of drug-likeness (QED) is 0.513. The first-order chi connectivity index (χ1) is 14.4. The third kappa shape index (κ3) is 4.00. The van der Waals surface area contributed by atoms with Gasteiger partial charge in [-0.05, 0) is 56.2 Å². The minimum atomic E-state index is -0.0731. The van der Waals surface area contributed by atoms with E-state index in [1.807, 2.05) is 0 Å². The van der Waals surface area contributed by atoms with Gasteiger partial charge in [0, 0.05) is 10.6 Å². The van der Waals surface area contributed by atoms with Crippen molar-refractivity contribution in [2.75, 3.05) is 6.61 Å². The van der Waals surface area contributed by atoms with Crippen LogP contribution in [0.25, 0.3) is 0 Å². The molecule has 0 bridgehead atoms. The summed E-state index contributed by atoms with van der Waals surface area (Å²) in [6.07, 6.45) is 4.76. The highest BCUT2D eigenvalue weighted by Crippen LogP contribution is 2.46. The Morgan fingerprint density at radius 3 is 2.23 bits per heavy atom. The predicted octanol–water partition coefficient (Wildman–Crippen LogP) is 6.42. The lowest BCUT2D eigenvalue weighted by Crippen LogP contribution is -2.37. The van der Waals surface area contributed by atoms with E-state index in [1.54, 1.807) is 0 Å². The molecule has 0 radical (unpaired) electrons. The van der Waals surface area contributed by atoms with Gasteiger partial charge in [0.2, 0.25) is 0 Å². The number of hydrogen-bond donors (Lipinski definition) is 0. The van der Waals surface area contributed by atoms with Crippen LogP contribution in [0.5, 0.6) is 0 Å². The molecule has 4 rings (SSSR count). The van der Waals surface area contributed by atoms with Crippen LogP contribution in [0.1, 0.15) is 61.8 Å².